The molecule has 0 aromatic carbocycles. The van der Waals surface area contributed by atoms with E-state index in [1.807, 2.05) is 0 Å². The summed E-state index contributed by atoms with van der Waals surface area (Å²) in [6.07, 6.45) is 4.76. The molecular weight excluding hydrogens is 150 g/mol. The lowest BCUT2D eigenvalue weighted by molar-refractivity contribution is 0.0572. The highest BCUT2D eigenvalue weighted by Gasteiger charge is 2.68. The van der Waals surface area contributed by atoms with Crippen LogP contribution in [0.1, 0.15) is 39.5 Å². The van der Waals surface area contributed by atoms with Crippen LogP contribution in [0.2, 0.25) is 0 Å². The second-order valence-corrected chi connectivity index (χ2v) is 5.28. The van der Waals surface area contributed by atoms with E-state index in [0.717, 1.165) is 12.8 Å². The lowest BCUT2D eigenvalue weighted by Gasteiger charge is -2.38. The van der Waals surface area contributed by atoms with Gasteiger partial charge in [-0.1, -0.05) is 13.8 Å². The van der Waals surface area contributed by atoms with E-state index in [9.17, 15) is 5.11 Å². The summed E-state index contributed by atoms with van der Waals surface area (Å²) >= 11 is 0. The summed E-state index contributed by atoms with van der Waals surface area (Å²) in [5.74, 6) is 0. The molecule has 0 aromatic rings. The molecule has 0 spiro atoms. The second kappa shape index (κ2) is 2.05. The standard InChI is InChI=1S/C10H19NO/c1-8(2,7-12)9(3-4-9)10(11)5-6-10/h12H,3-7,11H2,1-2H3. The van der Waals surface area contributed by atoms with Gasteiger partial charge in [0.15, 0.2) is 0 Å². The molecule has 2 aliphatic rings. The van der Waals surface area contributed by atoms with Crippen LogP contribution in [-0.4, -0.2) is 17.3 Å². The zero-order valence-corrected chi connectivity index (χ0v) is 8.06. The molecule has 2 heteroatoms. The first-order valence-electron chi connectivity index (χ1n) is 4.87. The fraction of sp³-hybridized carbons (Fsp3) is 1.00. The number of aliphatic hydroxyl groups excluding tert-OH is 1. The molecule has 3 N–H and O–H groups in total. The van der Waals surface area contributed by atoms with E-state index < -0.39 is 0 Å². The zero-order valence-electron chi connectivity index (χ0n) is 8.06. The Bertz CT molecular complexity index is 202. The number of hydrogen-bond acceptors (Lipinski definition) is 2. The van der Waals surface area contributed by atoms with Gasteiger partial charge in [-0.3, -0.25) is 0 Å². The van der Waals surface area contributed by atoms with Crippen molar-refractivity contribution in [2.75, 3.05) is 6.61 Å². The van der Waals surface area contributed by atoms with Gasteiger partial charge in [0.05, 0.1) is 0 Å². The topological polar surface area (TPSA) is 46.2 Å². The van der Waals surface area contributed by atoms with Crippen LogP contribution in [0, 0.1) is 10.8 Å². The van der Waals surface area contributed by atoms with Crippen LogP contribution < -0.4 is 5.73 Å². The van der Waals surface area contributed by atoms with Crippen molar-refractivity contribution in [3.63, 3.8) is 0 Å². The van der Waals surface area contributed by atoms with Crippen molar-refractivity contribution in [1.82, 2.24) is 0 Å². The van der Waals surface area contributed by atoms with Gasteiger partial charge in [-0.25, -0.2) is 0 Å². The molecule has 12 heavy (non-hydrogen) atoms. The molecule has 0 aliphatic heterocycles. The third-order valence-electron chi connectivity index (χ3n) is 4.18. The lowest BCUT2D eigenvalue weighted by Crippen LogP contribution is -2.45. The summed E-state index contributed by atoms with van der Waals surface area (Å²) in [6.45, 7) is 4.56. The van der Waals surface area contributed by atoms with Crippen molar-refractivity contribution in [3.05, 3.63) is 0 Å². The van der Waals surface area contributed by atoms with Crippen LogP contribution in [0.25, 0.3) is 0 Å². The Morgan fingerprint density at radius 2 is 1.75 bits per heavy atom. The van der Waals surface area contributed by atoms with Crippen molar-refractivity contribution >= 4 is 0 Å². The molecule has 0 aromatic heterocycles. The predicted octanol–water partition coefficient (Wildman–Crippen LogP) is 1.28. The van der Waals surface area contributed by atoms with Gasteiger partial charge in [0.2, 0.25) is 0 Å². The summed E-state index contributed by atoms with van der Waals surface area (Å²) in [5, 5.41) is 9.31. The lowest BCUT2D eigenvalue weighted by atomic mass is 9.70. The van der Waals surface area contributed by atoms with Gasteiger partial charge in [0.1, 0.15) is 0 Å². The minimum atomic E-state index is 0.0260. The molecule has 0 radical (unpaired) electrons. The highest BCUT2D eigenvalue weighted by atomic mass is 16.3. The second-order valence-electron chi connectivity index (χ2n) is 5.28. The Labute approximate surface area is 74.1 Å². The number of aliphatic hydroxyl groups is 1. The number of rotatable bonds is 3. The maximum absolute atomic E-state index is 9.31. The Kier molecular flexibility index (Phi) is 1.45. The molecule has 70 valence electrons. The van der Waals surface area contributed by atoms with E-state index in [4.69, 9.17) is 5.73 Å². The third kappa shape index (κ3) is 0.826. The predicted molar refractivity (Wildman–Crippen MR) is 48.7 cm³/mol. The van der Waals surface area contributed by atoms with Gasteiger partial charge < -0.3 is 10.8 Å². The Balaban J connectivity index is 2.21. The Hall–Kier alpha value is -0.0800. The van der Waals surface area contributed by atoms with Crippen LogP contribution >= 0.6 is 0 Å². The van der Waals surface area contributed by atoms with Crippen LogP contribution in [0.5, 0.6) is 0 Å². The quantitative estimate of drug-likeness (QED) is 0.668. The van der Waals surface area contributed by atoms with Gasteiger partial charge in [0, 0.05) is 12.1 Å². The fourth-order valence-electron chi connectivity index (χ4n) is 2.74. The van der Waals surface area contributed by atoms with Gasteiger partial charge >= 0.3 is 0 Å². The van der Waals surface area contributed by atoms with Crippen LogP contribution in [-0.2, 0) is 0 Å². The third-order valence-corrected chi connectivity index (χ3v) is 4.18. The average Bonchev–Trinajstić information content (AvgIpc) is 2.79. The fourth-order valence-corrected chi connectivity index (χ4v) is 2.74. The van der Waals surface area contributed by atoms with E-state index in [2.05, 4.69) is 13.8 Å². The van der Waals surface area contributed by atoms with Crippen LogP contribution in [0.4, 0.5) is 0 Å². The molecule has 0 saturated heterocycles. The highest BCUT2D eigenvalue weighted by molar-refractivity contribution is 5.23. The molecule has 0 amide bonds. The molecule has 0 unspecified atom stereocenters. The SMILES string of the molecule is CC(C)(CO)C1(C2(N)CC2)CC1. The minimum Gasteiger partial charge on any atom is -0.396 e. The smallest absolute Gasteiger partial charge is 0.0488 e. The van der Waals surface area contributed by atoms with E-state index >= 15 is 0 Å². The van der Waals surface area contributed by atoms with Crippen molar-refractivity contribution in [2.45, 2.75) is 45.1 Å². The molecule has 0 atom stereocenters. The summed E-state index contributed by atoms with van der Waals surface area (Å²) in [5.41, 5.74) is 6.62. The summed E-state index contributed by atoms with van der Waals surface area (Å²) in [6, 6.07) is 0. The van der Waals surface area contributed by atoms with Gasteiger partial charge in [-0.2, -0.15) is 0 Å². The van der Waals surface area contributed by atoms with Gasteiger partial charge in [0.25, 0.3) is 0 Å². The van der Waals surface area contributed by atoms with Gasteiger partial charge in [-0.15, -0.1) is 0 Å². The molecule has 2 rings (SSSR count). The summed E-state index contributed by atoms with van der Waals surface area (Å²) in [4.78, 5) is 0. The van der Waals surface area contributed by atoms with E-state index in [1.54, 1.807) is 0 Å². The van der Waals surface area contributed by atoms with Crippen molar-refractivity contribution in [2.24, 2.45) is 16.6 Å². The van der Waals surface area contributed by atoms with Crippen molar-refractivity contribution in [3.8, 4) is 0 Å². The summed E-state index contributed by atoms with van der Waals surface area (Å²) < 4.78 is 0. The average molecular weight is 169 g/mol. The molecule has 0 bridgehead atoms. The first-order chi connectivity index (χ1) is 5.47. The summed E-state index contributed by atoms with van der Waals surface area (Å²) in [7, 11) is 0. The van der Waals surface area contributed by atoms with E-state index in [0.29, 0.717) is 0 Å². The maximum Gasteiger partial charge on any atom is 0.0488 e. The first kappa shape index (κ1) is 8.52. The monoisotopic (exact) mass is 169 g/mol. The van der Waals surface area contributed by atoms with Crippen molar-refractivity contribution in [1.29, 1.82) is 0 Å². The van der Waals surface area contributed by atoms with Crippen LogP contribution in [0.15, 0.2) is 0 Å². The van der Waals surface area contributed by atoms with Gasteiger partial charge in [-0.05, 0) is 36.5 Å². The molecule has 2 aliphatic carbocycles. The molecular formula is C10H19NO. The van der Waals surface area contributed by atoms with E-state index in [-0.39, 0.29) is 23.0 Å². The van der Waals surface area contributed by atoms with E-state index in [1.165, 1.54) is 12.8 Å². The zero-order chi connectivity index (χ0) is 9.04. The highest BCUT2D eigenvalue weighted by Crippen LogP contribution is 2.70. The minimum absolute atomic E-state index is 0.0260. The molecule has 2 fully saturated rings. The maximum atomic E-state index is 9.31. The van der Waals surface area contributed by atoms with Crippen LogP contribution in [0.3, 0.4) is 0 Å². The first-order valence-corrected chi connectivity index (χ1v) is 4.87. The Morgan fingerprint density at radius 1 is 1.25 bits per heavy atom. The number of hydrogen-bond donors (Lipinski definition) is 2. The van der Waals surface area contributed by atoms with Crippen molar-refractivity contribution < 1.29 is 5.11 Å². The molecule has 2 nitrogen and oxygen atoms in total. The normalized spacial score (nSPS) is 30.0. The largest absolute Gasteiger partial charge is 0.396 e. The number of nitrogens with two attached hydrogens (primary N) is 1. The Morgan fingerprint density at radius 3 is 2.00 bits per heavy atom. The molecule has 0 heterocycles. The molecule has 2 saturated carbocycles.